The molecule has 0 radical (unpaired) electrons. The van der Waals surface area contributed by atoms with E-state index in [1.54, 1.807) is 6.07 Å². The first-order valence-electron chi connectivity index (χ1n) is 9.35. The maximum atomic E-state index is 12.5. The molecule has 0 heterocycles. The van der Waals surface area contributed by atoms with Crippen molar-refractivity contribution >= 4 is 59.6 Å². The Morgan fingerprint density at radius 1 is 0.906 bits per heavy atom. The van der Waals surface area contributed by atoms with E-state index in [-0.39, 0.29) is 47.3 Å². The molecule has 0 aliphatic heterocycles. The van der Waals surface area contributed by atoms with Crippen LogP contribution in [0, 0.1) is 0 Å². The van der Waals surface area contributed by atoms with Crippen molar-refractivity contribution in [2.75, 3.05) is 11.9 Å². The third-order valence-corrected chi connectivity index (χ3v) is 4.83. The van der Waals surface area contributed by atoms with Gasteiger partial charge in [-0.05, 0) is 61.0 Å². The Morgan fingerprint density at radius 3 is 2.22 bits per heavy atom. The maximum absolute atomic E-state index is 12.5. The first kappa shape index (κ1) is 25.6. The molecule has 3 aromatic carbocycles. The van der Waals surface area contributed by atoms with Gasteiger partial charge in [0.05, 0.1) is 28.4 Å². The Labute approximate surface area is 207 Å². The summed E-state index contributed by atoms with van der Waals surface area (Å²) in [6.07, 6.45) is 0. The van der Waals surface area contributed by atoms with Crippen molar-refractivity contribution in [1.29, 1.82) is 0 Å². The van der Waals surface area contributed by atoms with Gasteiger partial charge in [0, 0.05) is 5.02 Å². The summed E-state index contributed by atoms with van der Waals surface area (Å²) in [6, 6.07) is 16.3. The summed E-state index contributed by atoms with van der Waals surface area (Å²) >= 11 is 11.9. The molecule has 0 atom stereocenters. The van der Waals surface area contributed by atoms with Crippen LogP contribution in [0.25, 0.3) is 0 Å². The van der Waals surface area contributed by atoms with Gasteiger partial charge in [0.2, 0.25) is 0 Å². The first-order valence-corrected chi connectivity index (χ1v) is 10.1. The van der Waals surface area contributed by atoms with Crippen LogP contribution in [0.1, 0.15) is 33.2 Å². The van der Waals surface area contributed by atoms with Gasteiger partial charge in [0.15, 0.2) is 0 Å². The number of amides is 1. The normalized spacial score (nSPS) is 10.1. The molecule has 32 heavy (non-hydrogen) atoms. The Hall–Kier alpha value is -2.62. The topological polar surface area (TPSA) is 84.9 Å². The number of anilines is 1. The van der Waals surface area contributed by atoms with E-state index in [0.717, 1.165) is 11.3 Å². The number of nitrogens with one attached hydrogen (secondary N) is 1. The van der Waals surface area contributed by atoms with Crippen LogP contribution in [0.5, 0.6) is 11.5 Å². The van der Waals surface area contributed by atoms with Gasteiger partial charge < -0.3 is 19.9 Å². The molecule has 0 saturated heterocycles. The van der Waals surface area contributed by atoms with Crippen LogP contribution >= 0.6 is 23.2 Å². The summed E-state index contributed by atoms with van der Waals surface area (Å²) in [6.45, 7) is 2.74. The molecule has 0 aromatic heterocycles. The van der Waals surface area contributed by atoms with Crippen LogP contribution in [0.3, 0.4) is 0 Å². The second-order valence-electron chi connectivity index (χ2n) is 6.46. The number of halogens is 2. The fourth-order valence-corrected chi connectivity index (χ4v) is 3.27. The molecule has 0 saturated carbocycles. The van der Waals surface area contributed by atoms with E-state index in [0.29, 0.717) is 17.4 Å². The van der Waals surface area contributed by atoms with Gasteiger partial charge in [0.25, 0.3) is 5.91 Å². The van der Waals surface area contributed by atoms with Gasteiger partial charge in [-0.1, -0.05) is 35.3 Å². The predicted molar refractivity (Wildman–Crippen MR) is 127 cm³/mol. The zero-order valence-corrected chi connectivity index (χ0v) is 18.0. The second kappa shape index (κ2) is 11.8. The van der Waals surface area contributed by atoms with E-state index in [9.17, 15) is 14.7 Å². The van der Waals surface area contributed by atoms with Crippen molar-refractivity contribution in [1.82, 2.24) is 0 Å². The van der Waals surface area contributed by atoms with Crippen LogP contribution in [0.15, 0.2) is 60.7 Å². The molecule has 0 unspecified atom stereocenters. The number of benzene rings is 3. The Kier molecular flexibility index (Phi) is 9.49. The van der Waals surface area contributed by atoms with Crippen LogP contribution in [-0.4, -0.2) is 42.5 Å². The van der Waals surface area contributed by atoms with Gasteiger partial charge in [0.1, 0.15) is 18.1 Å². The van der Waals surface area contributed by atoms with Gasteiger partial charge in [-0.15, -0.1) is 0 Å². The molecular formula is C23H20Cl2LiNO5. The van der Waals surface area contributed by atoms with Crippen molar-refractivity contribution in [2.45, 2.75) is 13.5 Å². The van der Waals surface area contributed by atoms with Crippen molar-refractivity contribution < 1.29 is 24.2 Å². The van der Waals surface area contributed by atoms with Gasteiger partial charge >= 0.3 is 24.8 Å². The van der Waals surface area contributed by atoms with E-state index in [1.165, 1.54) is 30.3 Å². The number of hydrogen-bond acceptors (Lipinski definition) is 4. The SMILES string of the molecule is CCOc1ccc(COc2ccc(NC(=O)c3ccc(Cl)cc3Cl)c(C(=O)O)c2)cc1.[LiH]. The van der Waals surface area contributed by atoms with E-state index < -0.39 is 11.9 Å². The molecular weight excluding hydrogens is 448 g/mol. The van der Waals surface area contributed by atoms with Gasteiger partial charge in [-0.3, -0.25) is 4.79 Å². The van der Waals surface area contributed by atoms with Crippen LogP contribution in [0.4, 0.5) is 5.69 Å². The summed E-state index contributed by atoms with van der Waals surface area (Å²) in [5.41, 5.74) is 1.09. The molecule has 0 fully saturated rings. The number of carboxylic acid groups (broad SMARTS) is 1. The van der Waals surface area contributed by atoms with Gasteiger partial charge in [-0.25, -0.2) is 4.79 Å². The molecule has 0 aliphatic carbocycles. The fraction of sp³-hybridized carbons (Fsp3) is 0.130. The number of carboxylic acids is 1. The van der Waals surface area contributed by atoms with Crippen LogP contribution in [0.2, 0.25) is 10.0 Å². The number of rotatable bonds is 8. The van der Waals surface area contributed by atoms with Crippen molar-refractivity contribution in [3.05, 3.63) is 87.4 Å². The Balaban J connectivity index is 0.00000363. The average molecular weight is 468 g/mol. The summed E-state index contributed by atoms with van der Waals surface area (Å²) in [7, 11) is 0. The quantitative estimate of drug-likeness (QED) is 0.440. The number of carbonyl (C=O) groups is 2. The first-order chi connectivity index (χ1) is 14.9. The summed E-state index contributed by atoms with van der Waals surface area (Å²) in [5.74, 6) is -0.634. The van der Waals surface area contributed by atoms with Crippen LogP contribution in [-0.2, 0) is 6.61 Å². The van der Waals surface area contributed by atoms with E-state index in [2.05, 4.69) is 5.32 Å². The summed E-state index contributed by atoms with van der Waals surface area (Å²) in [5, 5.41) is 12.7. The van der Waals surface area contributed by atoms with Crippen LogP contribution < -0.4 is 14.8 Å². The zero-order chi connectivity index (χ0) is 22.4. The van der Waals surface area contributed by atoms with Crippen molar-refractivity contribution in [3.63, 3.8) is 0 Å². The van der Waals surface area contributed by atoms with E-state index in [4.69, 9.17) is 32.7 Å². The second-order valence-corrected chi connectivity index (χ2v) is 7.30. The number of aromatic carboxylic acids is 1. The predicted octanol–water partition coefficient (Wildman–Crippen LogP) is 5.27. The molecule has 2 N–H and O–H groups in total. The monoisotopic (exact) mass is 467 g/mol. The zero-order valence-electron chi connectivity index (χ0n) is 16.5. The number of ether oxygens (including phenoxy) is 2. The average Bonchev–Trinajstić information content (AvgIpc) is 2.74. The van der Waals surface area contributed by atoms with Crippen molar-refractivity contribution in [3.8, 4) is 11.5 Å². The van der Waals surface area contributed by atoms with Gasteiger partial charge in [-0.2, -0.15) is 0 Å². The molecule has 3 rings (SSSR count). The summed E-state index contributed by atoms with van der Waals surface area (Å²) < 4.78 is 11.1. The molecule has 0 aliphatic rings. The molecule has 0 bridgehead atoms. The summed E-state index contributed by atoms with van der Waals surface area (Å²) in [4.78, 5) is 24.2. The standard InChI is InChI=1S/C23H19Cl2NO5.Li.H/c1-2-30-16-6-3-14(4-7-16)13-31-17-8-10-21(19(12-17)23(28)29)26-22(27)18-9-5-15(24)11-20(18)25;;/h3-12H,2,13H2,1H3,(H,26,27)(H,28,29);;. The fourth-order valence-electron chi connectivity index (χ4n) is 2.78. The number of carbonyl (C=O) groups excluding carboxylic acids is 1. The third kappa shape index (κ3) is 6.69. The molecule has 9 heteroatoms. The Morgan fingerprint density at radius 2 is 1.59 bits per heavy atom. The molecule has 1 amide bonds. The molecule has 0 spiro atoms. The molecule has 6 nitrogen and oxygen atoms in total. The Bertz CT molecular complexity index is 1110. The minimum absolute atomic E-state index is 0. The molecule has 162 valence electrons. The van der Waals surface area contributed by atoms with E-state index >= 15 is 0 Å². The minimum atomic E-state index is -1.20. The van der Waals surface area contributed by atoms with E-state index in [1.807, 2.05) is 31.2 Å². The third-order valence-electron chi connectivity index (χ3n) is 4.29. The molecule has 3 aromatic rings. The number of hydrogen-bond donors (Lipinski definition) is 2. The van der Waals surface area contributed by atoms with Crippen molar-refractivity contribution in [2.24, 2.45) is 0 Å².